The highest BCUT2D eigenvalue weighted by atomic mass is 16.2. The van der Waals surface area contributed by atoms with Gasteiger partial charge in [-0.2, -0.15) is 5.26 Å². The summed E-state index contributed by atoms with van der Waals surface area (Å²) in [6.45, 7) is 3.50. The third-order valence-electron chi connectivity index (χ3n) is 6.16. The molecule has 1 aromatic carbocycles. The molecule has 1 aliphatic heterocycles. The van der Waals surface area contributed by atoms with Crippen LogP contribution in [0.2, 0.25) is 0 Å². The highest BCUT2D eigenvalue weighted by Gasteiger charge is 2.26. The van der Waals surface area contributed by atoms with Gasteiger partial charge in [-0.05, 0) is 64.9 Å². The molecule has 170 valence electrons. The second-order valence-electron chi connectivity index (χ2n) is 8.81. The van der Waals surface area contributed by atoms with Crippen molar-refractivity contribution in [2.45, 2.75) is 57.9 Å². The lowest BCUT2D eigenvalue weighted by atomic mass is 9.95. The molecule has 0 spiro atoms. The van der Waals surface area contributed by atoms with Crippen molar-refractivity contribution in [3.63, 3.8) is 0 Å². The zero-order valence-corrected chi connectivity index (χ0v) is 19.1. The Morgan fingerprint density at radius 2 is 2.06 bits per heavy atom. The maximum atomic E-state index is 13.0. The minimum atomic E-state index is -0.201. The molecule has 0 aliphatic carbocycles. The van der Waals surface area contributed by atoms with Crippen LogP contribution in [0.5, 0.6) is 0 Å². The summed E-state index contributed by atoms with van der Waals surface area (Å²) in [5.74, 6) is 1.08. The minimum Gasteiger partial charge on any atom is -0.346 e. The summed E-state index contributed by atoms with van der Waals surface area (Å²) in [5.41, 5.74) is 2.31. The number of hydrogen-bond acceptors (Lipinski definition) is 5. The molecule has 1 fully saturated rings. The number of aromatic amines is 1. The summed E-state index contributed by atoms with van der Waals surface area (Å²) in [5, 5.41) is 12.4. The third kappa shape index (κ3) is 6.76. The fraction of sp³-hybridized carbons (Fsp3) is 0.520. The van der Waals surface area contributed by atoms with E-state index < -0.39 is 0 Å². The van der Waals surface area contributed by atoms with Crippen LogP contribution in [0.25, 0.3) is 11.3 Å². The van der Waals surface area contributed by atoms with Crippen molar-refractivity contribution < 1.29 is 9.59 Å². The van der Waals surface area contributed by atoms with Crippen LogP contribution in [0.4, 0.5) is 0 Å². The zero-order chi connectivity index (χ0) is 22.9. The number of nitrogens with one attached hydrogen (secondary N) is 2. The fourth-order valence-corrected chi connectivity index (χ4v) is 4.15. The first-order chi connectivity index (χ1) is 15.5. The third-order valence-corrected chi connectivity index (χ3v) is 6.16. The Kier molecular flexibility index (Phi) is 8.57. The SMILES string of the molecule is CC(=O)CCCCCC(NC(=O)C1CCN(C)CC1)c1ncc(-c2cccc(C#N)c2)[nH]1. The van der Waals surface area contributed by atoms with Crippen LogP contribution in [-0.2, 0) is 9.59 Å². The molecule has 1 aliphatic rings. The number of H-pyrrole nitrogens is 1. The maximum Gasteiger partial charge on any atom is 0.223 e. The van der Waals surface area contributed by atoms with Crippen molar-refractivity contribution >= 4 is 11.7 Å². The van der Waals surface area contributed by atoms with Gasteiger partial charge in [0.25, 0.3) is 0 Å². The van der Waals surface area contributed by atoms with E-state index in [2.05, 4.69) is 33.3 Å². The van der Waals surface area contributed by atoms with Crippen molar-refractivity contribution in [1.82, 2.24) is 20.2 Å². The van der Waals surface area contributed by atoms with Crippen molar-refractivity contribution in [2.24, 2.45) is 5.92 Å². The van der Waals surface area contributed by atoms with E-state index in [4.69, 9.17) is 5.26 Å². The molecule has 7 nitrogen and oxygen atoms in total. The number of imidazole rings is 1. The topological polar surface area (TPSA) is 102 Å². The Bertz CT molecular complexity index is 953. The summed E-state index contributed by atoms with van der Waals surface area (Å²) in [4.78, 5) is 34.4. The van der Waals surface area contributed by atoms with Crippen LogP contribution in [0.3, 0.4) is 0 Å². The van der Waals surface area contributed by atoms with Gasteiger partial charge >= 0.3 is 0 Å². The molecule has 0 saturated carbocycles. The van der Waals surface area contributed by atoms with Gasteiger partial charge in [-0.3, -0.25) is 4.79 Å². The van der Waals surface area contributed by atoms with Gasteiger partial charge in [0.05, 0.1) is 29.6 Å². The molecular weight excluding hydrogens is 402 g/mol. The lowest BCUT2D eigenvalue weighted by molar-refractivity contribution is -0.127. The number of benzene rings is 1. The Balaban J connectivity index is 1.69. The zero-order valence-electron chi connectivity index (χ0n) is 19.1. The maximum absolute atomic E-state index is 13.0. The number of piperidine rings is 1. The number of nitriles is 1. The molecule has 1 atom stereocenters. The van der Waals surface area contributed by atoms with Crippen LogP contribution >= 0.6 is 0 Å². The number of likely N-dealkylation sites (tertiary alicyclic amines) is 1. The monoisotopic (exact) mass is 435 g/mol. The molecule has 32 heavy (non-hydrogen) atoms. The van der Waals surface area contributed by atoms with E-state index in [-0.39, 0.29) is 23.7 Å². The van der Waals surface area contributed by atoms with Gasteiger partial charge < -0.3 is 20.0 Å². The van der Waals surface area contributed by atoms with E-state index in [9.17, 15) is 9.59 Å². The summed E-state index contributed by atoms with van der Waals surface area (Å²) >= 11 is 0. The first kappa shape index (κ1) is 23.7. The van der Waals surface area contributed by atoms with Crippen LogP contribution < -0.4 is 5.32 Å². The number of carbonyl (C=O) groups excluding carboxylic acids is 2. The van der Waals surface area contributed by atoms with E-state index in [0.29, 0.717) is 12.0 Å². The quantitative estimate of drug-likeness (QED) is 0.550. The Morgan fingerprint density at radius 1 is 1.28 bits per heavy atom. The highest BCUT2D eigenvalue weighted by Crippen LogP contribution is 2.25. The van der Waals surface area contributed by atoms with Crippen molar-refractivity contribution in [3.05, 3.63) is 41.9 Å². The van der Waals surface area contributed by atoms with Gasteiger partial charge in [0.15, 0.2) is 0 Å². The summed E-state index contributed by atoms with van der Waals surface area (Å²) < 4.78 is 0. The van der Waals surface area contributed by atoms with E-state index >= 15 is 0 Å². The van der Waals surface area contributed by atoms with Crippen molar-refractivity contribution in [2.75, 3.05) is 20.1 Å². The Labute approximate surface area is 190 Å². The van der Waals surface area contributed by atoms with Crippen LogP contribution in [0.1, 0.15) is 69.3 Å². The van der Waals surface area contributed by atoms with Gasteiger partial charge in [0.2, 0.25) is 5.91 Å². The molecule has 1 aromatic heterocycles. The largest absolute Gasteiger partial charge is 0.346 e. The molecule has 0 radical (unpaired) electrons. The second-order valence-corrected chi connectivity index (χ2v) is 8.81. The molecule has 1 saturated heterocycles. The van der Waals surface area contributed by atoms with Gasteiger partial charge in [0.1, 0.15) is 11.6 Å². The highest BCUT2D eigenvalue weighted by molar-refractivity contribution is 5.79. The number of ketones is 1. The molecule has 0 bridgehead atoms. The number of rotatable bonds is 10. The number of Topliss-reactive ketones (excluding diaryl/α,β-unsaturated/α-hetero) is 1. The molecule has 2 heterocycles. The molecule has 2 aromatic rings. The Hall–Kier alpha value is -2.98. The number of carbonyl (C=O) groups is 2. The van der Waals surface area contributed by atoms with E-state index in [0.717, 1.165) is 68.7 Å². The second kappa shape index (κ2) is 11.6. The first-order valence-corrected chi connectivity index (χ1v) is 11.5. The molecule has 7 heteroatoms. The normalized spacial score (nSPS) is 15.8. The number of amides is 1. The minimum absolute atomic E-state index is 0.0353. The standard InChI is InChI=1S/C25H33N5O2/c1-18(31)7-4-3-5-10-22(29-25(32)20-11-13-30(2)14-12-20)24-27-17-23(28-24)21-9-6-8-19(15-21)16-26/h6,8-9,15,17,20,22H,3-5,7,10-14H2,1-2H3,(H,27,28)(H,29,32). The lowest BCUT2D eigenvalue weighted by Gasteiger charge is -2.29. The van der Waals surface area contributed by atoms with Crippen LogP contribution in [0.15, 0.2) is 30.5 Å². The Morgan fingerprint density at radius 3 is 2.78 bits per heavy atom. The van der Waals surface area contributed by atoms with Crippen LogP contribution in [-0.4, -0.2) is 46.7 Å². The van der Waals surface area contributed by atoms with Gasteiger partial charge in [-0.25, -0.2) is 4.98 Å². The number of nitrogens with zero attached hydrogens (tertiary/aromatic N) is 3. The van der Waals surface area contributed by atoms with Gasteiger partial charge in [-0.15, -0.1) is 0 Å². The predicted molar refractivity (Wildman–Crippen MR) is 124 cm³/mol. The van der Waals surface area contributed by atoms with E-state index in [1.165, 1.54) is 0 Å². The molecular formula is C25H33N5O2. The molecule has 2 N–H and O–H groups in total. The van der Waals surface area contributed by atoms with Gasteiger partial charge in [0, 0.05) is 17.9 Å². The number of aromatic nitrogens is 2. The average Bonchev–Trinajstić information content (AvgIpc) is 3.28. The smallest absolute Gasteiger partial charge is 0.223 e. The van der Waals surface area contributed by atoms with E-state index in [1.54, 1.807) is 19.2 Å². The van der Waals surface area contributed by atoms with Crippen molar-refractivity contribution in [3.8, 4) is 17.3 Å². The average molecular weight is 436 g/mol. The predicted octanol–water partition coefficient (Wildman–Crippen LogP) is 3.99. The molecule has 1 amide bonds. The van der Waals surface area contributed by atoms with E-state index in [1.807, 2.05) is 18.2 Å². The van der Waals surface area contributed by atoms with Crippen LogP contribution in [0, 0.1) is 17.2 Å². The van der Waals surface area contributed by atoms with Crippen molar-refractivity contribution in [1.29, 1.82) is 5.26 Å². The molecule has 3 rings (SSSR count). The summed E-state index contributed by atoms with van der Waals surface area (Å²) in [7, 11) is 2.09. The lowest BCUT2D eigenvalue weighted by Crippen LogP contribution is -2.40. The first-order valence-electron chi connectivity index (χ1n) is 11.5. The molecule has 1 unspecified atom stereocenters. The number of unbranched alkanes of at least 4 members (excludes halogenated alkanes) is 2. The fourth-order valence-electron chi connectivity index (χ4n) is 4.15. The summed E-state index contributed by atoms with van der Waals surface area (Å²) in [6, 6.07) is 9.34. The summed E-state index contributed by atoms with van der Waals surface area (Å²) in [6.07, 6.45) is 7.60. The van der Waals surface area contributed by atoms with Gasteiger partial charge in [-0.1, -0.05) is 25.0 Å². The number of hydrogen-bond donors (Lipinski definition) is 2.